The van der Waals surface area contributed by atoms with Gasteiger partial charge in [0.15, 0.2) is 0 Å². The predicted molar refractivity (Wildman–Crippen MR) is 104 cm³/mol. The molecule has 0 aromatic heterocycles. The number of hydrogen-bond acceptors (Lipinski definition) is 4. The van der Waals surface area contributed by atoms with E-state index in [1.54, 1.807) is 24.3 Å². The molecule has 2 saturated heterocycles. The van der Waals surface area contributed by atoms with E-state index in [0.717, 1.165) is 19.4 Å². The van der Waals surface area contributed by atoms with Crippen LogP contribution in [0.1, 0.15) is 37.7 Å². The second-order valence-electron chi connectivity index (χ2n) is 8.14. The van der Waals surface area contributed by atoms with Crippen LogP contribution in [0.2, 0.25) is 5.02 Å². The molecule has 150 valence electrons. The summed E-state index contributed by atoms with van der Waals surface area (Å²) in [5.41, 5.74) is -0.671. The second-order valence-corrected chi connectivity index (χ2v) is 8.55. The van der Waals surface area contributed by atoms with E-state index in [-0.39, 0.29) is 49.8 Å². The number of amides is 3. The fourth-order valence-electron chi connectivity index (χ4n) is 5.09. The first-order valence-electron chi connectivity index (χ1n) is 9.84. The topological polar surface area (TPSA) is 66.9 Å². The SMILES string of the molecule is COCCN1C(=O)C[C@@](CC(=O)N2C[C@H]3CC[C@H]2C3)(c2ccccc2Cl)C1=O. The predicted octanol–water partition coefficient (Wildman–Crippen LogP) is 2.38. The first kappa shape index (κ1) is 19.4. The van der Waals surface area contributed by atoms with E-state index >= 15 is 0 Å². The summed E-state index contributed by atoms with van der Waals surface area (Å²) < 4.78 is 5.05. The minimum atomic E-state index is -1.23. The molecule has 3 aliphatic rings. The number of likely N-dealkylation sites (tertiary alicyclic amines) is 2. The van der Waals surface area contributed by atoms with E-state index in [2.05, 4.69) is 0 Å². The summed E-state index contributed by atoms with van der Waals surface area (Å²) in [6.45, 7) is 1.21. The Morgan fingerprint density at radius 1 is 1.29 bits per heavy atom. The minimum Gasteiger partial charge on any atom is -0.383 e. The molecule has 3 fully saturated rings. The number of ether oxygens (including phenoxy) is 1. The minimum absolute atomic E-state index is 0.0198. The molecular weight excluding hydrogens is 380 g/mol. The quantitative estimate of drug-likeness (QED) is 0.683. The Morgan fingerprint density at radius 3 is 2.71 bits per heavy atom. The molecule has 0 radical (unpaired) electrons. The van der Waals surface area contributed by atoms with Crippen LogP contribution in [0.15, 0.2) is 24.3 Å². The highest BCUT2D eigenvalue weighted by Crippen LogP contribution is 2.45. The summed E-state index contributed by atoms with van der Waals surface area (Å²) in [4.78, 5) is 42.5. The van der Waals surface area contributed by atoms with Crippen molar-refractivity contribution in [3.05, 3.63) is 34.9 Å². The van der Waals surface area contributed by atoms with E-state index in [1.165, 1.54) is 18.4 Å². The third-order valence-corrected chi connectivity index (χ3v) is 6.83. The number of halogens is 1. The smallest absolute Gasteiger partial charge is 0.241 e. The van der Waals surface area contributed by atoms with Gasteiger partial charge in [-0.15, -0.1) is 0 Å². The van der Waals surface area contributed by atoms with E-state index < -0.39 is 5.41 Å². The Hall–Kier alpha value is -1.92. The van der Waals surface area contributed by atoms with E-state index in [9.17, 15) is 14.4 Å². The van der Waals surface area contributed by atoms with Crippen molar-refractivity contribution >= 4 is 29.3 Å². The first-order chi connectivity index (χ1) is 13.5. The van der Waals surface area contributed by atoms with E-state index in [0.29, 0.717) is 16.5 Å². The van der Waals surface area contributed by atoms with Crippen LogP contribution in [0, 0.1) is 5.92 Å². The molecule has 3 atom stereocenters. The third-order valence-electron chi connectivity index (χ3n) is 6.50. The average Bonchev–Trinajstić information content (AvgIpc) is 3.36. The summed E-state index contributed by atoms with van der Waals surface area (Å²) in [5.74, 6) is -0.107. The van der Waals surface area contributed by atoms with Gasteiger partial charge in [0, 0.05) is 37.6 Å². The van der Waals surface area contributed by atoms with Crippen molar-refractivity contribution in [2.24, 2.45) is 5.92 Å². The van der Waals surface area contributed by atoms with Crippen molar-refractivity contribution in [2.75, 3.05) is 26.8 Å². The van der Waals surface area contributed by atoms with Gasteiger partial charge in [0.2, 0.25) is 17.7 Å². The van der Waals surface area contributed by atoms with Gasteiger partial charge in [0.1, 0.15) is 0 Å². The first-order valence-corrected chi connectivity index (χ1v) is 10.2. The lowest BCUT2D eigenvalue weighted by atomic mass is 9.75. The van der Waals surface area contributed by atoms with Gasteiger partial charge in [-0.25, -0.2) is 0 Å². The molecule has 2 bridgehead atoms. The number of carbonyl (C=O) groups is 3. The Labute approximate surface area is 169 Å². The monoisotopic (exact) mass is 404 g/mol. The Balaban J connectivity index is 1.67. The number of benzene rings is 1. The molecule has 1 saturated carbocycles. The molecule has 6 nitrogen and oxygen atoms in total. The molecule has 1 aromatic rings. The second kappa shape index (κ2) is 7.48. The molecule has 0 spiro atoms. The zero-order valence-corrected chi connectivity index (χ0v) is 16.8. The van der Waals surface area contributed by atoms with Crippen LogP contribution in [-0.4, -0.2) is 60.4 Å². The molecule has 2 heterocycles. The Kier molecular flexibility index (Phi) is 5.19. The van der Waals surface area contributed by atoms with E-state index in [4.69, 9.17) is 16.3 Å². The van der Waals surface area contributed by atoms with Crippen LogP contribution in [0.4, 0.5) is 0 Å². The van der Waals surface area contributed by atoms with Gasteiger partial charge in [-0.2, -0.15) is 0 Å². The summed E-state index contributed by atoms with van der Waals surface area (Å²) in [6, 6.07) is 7.32. The molecule has 0 unspecified atom stereocenters. The Bertz CT molecular complexity index is 813. The van der Waals surface area contributed by atoms with Gasteiger partial charge in [-0.05, 0) is 36.8 Å². The highest BCUT2D eigenvalue weighted by Gasteiger charge is 2.55. The standard InChI is InChI=1S/C21H25ClN2O4/c1-28-9-8-23-18(25)11-21(20(23)27,16-4-2-3-5-17(16)22)12-19(26)24-13-14-6-7-15(24)10-14/h2-5,14-15H,6-13H2,1H3/t14-,15-,21+/m0/s1. The normalized spacial score (nSPS) is 29.2. The van der Waals surface area contributed by atoms with Crippen molar-refractivity contribution < 1.29 is 19.1 Å². The van der Waals surface area contributed by atoms with Gasteiger partial charge < -0.3 is 9.64 Å². The number of imide groups is 1. The van der Waals surface area contributed by atoms with Crippen LogP contribution in [0.3, 0.4) is 0 Å². The maximum Gasteiger partial charge on any atom is 0.241 e. The number of fused-ring (bicyclic) bond motifs is 2. The molecule has 1 aromatic carbocycles. The molecule has 2 aliphatic heterocycles. The van der Waals surface area contributed by atoms with Crippen LogP contribution in [-0.2, 0) is 24.5 Å². The van der Waals surface area contributed by atoms with Crippen molar-refractivity contribution in [1.82, 2.24) is 9.80 Å². The molecule has 4 rings (SSSR count). The average molecular weight is 405 g/mol. The third kappa shape index (κ3) is 3.12. The van der Waals surface area contributed by atoms with Crippen LogP contribution in [0.5, 0.6) is 0 Å². The number of piperidine rings is 1. The van der Waals surface area contributed by atoms with Gasteiger partial charge in [0.25, 0.3) is 0 Å². The van der Waals surface area contributed by atoms with Crippen molar-refractivity contribution in [3.63, 3.8) is 0 Å². The summed E-state index contributed by atoms with van der Waals surface area (Å²) in [7, 11) is 1.53. The van der Waals surface area contributed by atoms with Crippen molar-refractivity contribution in [1.29, 1.82) is 0 Å². The van der Waals surface area contributed by atoms with Crippen molar-refractivity contribution in [2.45, 2.75) is 43.6 Å². The fraction of sp³-hybridized carbons (Fsp3) is 0.571. The van der Waals surface area contributed by atoms with Crippen molar-refractivity contribution in [3.8, 4) is 0 Å². The summed E-state index contributed by atoms with van der Waals surface area (Å²) >= 11 is 6.43. The lowest BCUT2D eigenvalue weighted by Crippen LogP contribution is -2.46. The summed E-state index contributed by atoms with van der Waals surface area (Å²) in [5, 5.41) is 0.410. The molecule has 3 amide bonds. The van der Waals surface area contributed by atoms with Gasteiger partial charge in [0.05, 0.1) is 18.6 Å². The molecular formula is C21H25ClN2O4. The lowest BCUT2D eigenvalue weighted by Gasteiger charge is -2.33. The zero-order valence-electron chi connectivity index (χ0n) is 16.0. The number of carbonyl (C=O) groups excluding carboxylic acids is 3. The molecule has 1 aliphatic carbocycles. The highest BCUT2D eigenvalue weighted by atomic mass is 35.5. The largest absolute Gasteiger partial charge is 0.383 e. The number of nitrogens with zero attached hydrogens (tertiary/aromatic N) is 2. The molecule has 0 N–H and O–H groups in total. The van der Waals surface area contributed by atoms with E-state index in [1.807, 2.05) is 4.90 Å². The van der Waals surface area contributed by atoms with Gasteiger partial charge in [-0.1, -0.05) is 29.8 Å². The number of methoxy groups -OCH3 is 1. The van der Waals surface area contributed by atoms with Gasteiger partial charge >= 0.3 is 0 Å². The maximum absolute atomic E-state index is 13.4. The molecule has 28 heavy (non-hydrogen) atoms. The molecule has 7 heteroatoms. The van der Waals surface area contributed by atoms with Gasteiger partial charge in [-0.3, -0.25) is 19.3 Å². The number of hydrogen-bond donors (Lipinski definition) is 0. The maximum atomic E-state index is 13.4. The summed E-state index contributed by atoms with van der Waals surface area (Å²) in [6.07, 6.45) is 3.20. The Morgan fingerprint density at radius 2 is 2.07 bits per heavy atom. The van der Waals surface area contributed by atoms with Crippen LogP contribution >= 0.6 is 11.6 Å². The fourth-order valence-corrected chi connectivity index (χ4v) is 5.41. The number of rotatable bonds is 6. The highest BCUT2D eigenvalue weighted by molar-refractivity contribution is 6.32. The van der Waals surface area contributed by atoms with Crippen LogP contribution < -0.4 is 0 Å². The van der Waals surface area contributed by atoms with Crippen LogP contribution in [0.25, 0.3) is 0 Å². The zero-order chi connectivity index (χ0) is 19.9. The lowest BCUT2D eigenvalue weighted by molar-refractivity contribution is -0.143.